The molecule has 4 fully saturated rings. The number of phenolic OH excluding ortho intramolecular Hbond substituents is 1. The van der Waals surface area contributed by atoms with Crippen molar-refractivity contribution in [3.63, 3.8) is 0 Å². The van der Waals surface area contributed by atoms with Crippen molar-refractivity contribution in [1.29, 1.82) is 0 Å². The van der Waals surface area contributed by atoms with Crippen LogP contribution < -0.4 is 65.9 Å². The summed E-state index contributed by atoms with van der Waals surface area (Å²) >= 11 is 0. The third-order valence-corrected chi connectivity index (χ3v) is 17.9. The molecule has 37 nitrogen and oxygen atoms in total. The van der Waals surface area contributed by atoms with Gasteiger partial charge in [-0.1, -0.05) is 64.1 Å². The van der Waals surface area contributed by atoms with Gasteiger partial charge in [-0.3, -0.25) is 57.7 Å². The molecular weight excluding hydrogens is 1320 g/mol. The number of nitrogens with one attached hydrogen (secondary N) is 7. The number of carbonyl (C=O) groups excluding carboxylic acids is 11. The first-order valence-corrected chi connectivity index (χ1v) is 33.1. The van der Waals surface area contributed by atoms with E-state index in [1.54, 1.807) is 42.5 Å². The molecule has 4 heterocycles. The Morgan fingerprint density at radius 3 is 1.91 bits per heavy atom. The Bertz CT molecular complexity index is 3030. The normalized spacial score (nSPS) is 28.8. The highest BCUT2D eigenvalue weighted by molar-refractivity contribution is 8.76. The van der Waals surface area contributed by atoms with Crippen molar-refractivity contribution in [2.75, 3.05) is 44.4 Å². The number of rotatable bonds is 23. The first-order chi connectivity index (χ1) is 46.0. The molecule has 97 heavy (non-hydrogen) atoms. The van der Waals surface area contributed by atoms with E-state index in [0.717, 1.165) is 21.6 Å². The highest BCUT2D eigenvalue weighted by Crippen LogP contribution is 2.30. The highest BCUT2D eigenvalue weighted by atomic mass is 33.1. The summed E-state index contributed by atoms with van der Waals surface area (Å²) in [5.74, 6) is -9.75. The molecule has 26 N–H and O–H groups in total. The quantitative estimate of drug-likeness (QED) is 0.0213. The molecule has 0 radical (unpaired) electrons. The third-order valence-electron chi connectivity index (χ3n) is 15.5. The number of nitrogens with zero attached hydrogens (tertiary/aromatic N) is 2. The van der Waals surface area contributed by atoms with Crippen LogP contribution in [0.25, 0.3) is 0 Å². The number of nitrogens with two attached hydrogens (primary N) is 5. The average Bonchev–Trinajstić information content (AvgIpc) is 0.939. The molecule has 538 valence electrons. The summed E-state index contributed by atoms with van der Waals surface area (Å²) in [5, 5.41) is 104. The van der Waals surface area contributed by atoms with Crippen molar-refractivity contribution in [2.45, 2.75) is 168 Å². The Balaban J connectivity index is 0.000000618. The molecule has 2 aromatic carbocycles. The lowest BCUT2D eigenvalue weighted by Gasteiger charge is -2.45. The molecule has 11 amide bonds. The Morgan fingerprint density at radius 2 is 1.29 bits per heavy atom. The summed E-state index contributed by atoms with van der Waals surface area (Å²) in [6, 6.07) is 4.52. The fraction of sp³-hybridized carbons (Fsp3) is 0.586. The van der Waals surface area contributed by atoms with Gasteiger partial charge in [0.1, 0.15) is 96.9 Å². The van der Waals surface area contributed by atoms with Crippen LogP contribution in [0.2, 0.25) is 0 Å². The van der Waals surface area contributed by atoms with Gasteiger partial charge in [0.2, 0.25) is 65.0 Å². The predicted octanol–water partition coefficient (Wildman–Crippen LogP) is -9.74. The largest absolute Gasteiger partial charge is 0.508 e. The number of amides is 11. The van der Waals surface area contributed by atoms with Crippen LogP contribution in [0.15, 0.2) is 59.6 Å². The number of primary amides is 3. The number of hydrogen-bond donors (Lipinski definition) is 21. The summed E-state index contributed by atoms with van der Waals surface area (Å²) in [5.41, 5.74) is 28.1. The van der Waals surface area contributed by atoms with Crippen molar-refractivity contribution < 1.29 is 113 Å². The SMILES string of the molecule is NC(=O)CC[C@@H]1NC(=O)[C@H](Cc2ccccc2)NC(=O)[C@H](Cc2ccc(O)cc2)NC(=O)CCSSC[C@@H](C(=O)N2CCC[C@H]2C(=O)N[C@@H](CCCN=C(N)N)C(=O)NCC(N)=O)NC(=O)[C@H](CC(N)=O)NC1=O.OC[C@H]1O[C@@H](O[C@H]2[C@H](O)[C@@H](O)[C@H](O)O[C@@H]2CO)[C@H](O)[C@@H](O)[C@H]1O. The molecular formula is C58H86N14O23S2. The van der Waals surface area contributed by atoms with Gasteiger partial charge >= 0.3 is 0 Å². The number of aromatic hydroxyl groups is 1. The number of ether oxygens (including phenoxy) is 3. The Labute approximate surface area is 562 Å². The standard InChI is InChI=1S/C46H64N14O12S2.C12H22O11/c47-35(62)15-14-29-40(67)58-32(22-36(48)63)43(70)59-33(45(72)60-18-5-9-34(60)44(71)56-28(8-4-17-52-46(50)51)39(66)53-23-37(49)64)24-74-73-19-16-38(65)54-30(21-26-10-12-27(61)13-11-26)41(68)57-31(42(69)55-29)20-25-6-2-1-3-7-25;13-1-3-5(15)6(16)9(19)12(22-3)23-10-4(2-14)21-11(20)8(18)7(10)17/h1-3,6-7,10-13,28-34,61H,4-5,8-9,14-24H2,(H2,47,62)(H2,48,63)(H2,49,64)(H,53,66)(H,54,65)(H,55,69)(H,56,71)(H,57,68)(H,58,67)(H,59,70)(H4,50,51,52);3-20H,1-2H2/t28-,29-,30-,31-,32-,33-,34-;3-,4-,5+,6+,7-,8-,9-,10-,11-,12+/m01/s1. The summed E-state index contributed by atoms with van der Waals surface area (Å²) in [7, 11) is 2.19. The first-order valence-electron chi connectivity index (χ1n) is 30.6. The van der Waals surface area contributed by atoms with Crippen molar-refractivity contribution >= 4 is 92.5 Å². The monoisotopic (exact) mass is 1410 g/mol. The molecule has 4 aliphatic rings. The van der Waals surface area contributed by atoms with E-state index in [0.29, 0.717) is 17.5 Å². The lowest BCUT2D eigenvalue weighted by atomic mass is 9.97. The van der Waals surface area contributed by atoms with Crippen LogP contribution in [0.3, 0.4) is 0 Å². The molecule has 39 heteroatoms. The summed E-state index contributed by atoms with van der Waals surface area (Å²) < 4.78 is 15.3. The number of aliphatic imine (C=N–C) groups is 1. The van der Waals surface area contributed by atoms with E-state index in [2.05, 4.69) is 42.2 Å². The molecule has 0 unspecified atom stereocenters. The summed E-state index contributed by atoms with van der Waals surface area (Å²) in [4.78, 5) is 153. The topological polar surface area (TPSA) is 627 Å². The van der Waals surface area contributed by atoms with Gasteiger partial charge in [-0.15, -0.1) is 0 Å². The zero-order valence-corrected chi connectivity index (χ0v) is 54.0. The molecule has 0 aromatic heterocycles. The molecule has 17 atom stereocenters. The van der Waals surface area contributed by atoms with Gasteiger partial charge in [0, 0.05) is 50.3 Å². The average molecular weight is 1410 g/mol. The van der Waals surface area contributed by atoms with Crippen molar-refractivity contribution in [3.8, 4) is 5.75 Å². The molecule has 4 aliphatic heterocycles. The number of guanidine groups is 1. The molecule has 4 saturated heterocycles. The van der Waals surface area contributed by atoms with Crippen LogP contribution in [-0.2, 0) is 79.8 Å². The minimum absolute atomic E-state index is 0.0128. The summed E-state index contributed by atoms with van der Waals surface area (Å²) in [6.45, 7) is -1.75. The van der Waals surface area contributed by atoms with Crippen LogP contribution in [-0.4, -0.2) is 270 Å². The maximum Gasteiger partial charge on any atom is 0.246 e. The van der Waals surface area contributed by atoms with Crippen LogP contribution in [0, 0.1) is 0 Å². The Morgan fingerprint density at radius 1 is 0.680 bits per heavy atom. The van der Waals surface area contributed by atoms with Crippen molar-refractivity contribution in [1.82, 2.24) is 42.1 Å². The van der Waals surface area contributed by atoms with Gasteiger partial charge < -0.3 is 131 Å². The minimum Gasteiger partial charge on any atom is -0.508 e. The number of carbonyl (C=O) groups is 11. The second-order valence-electron chi connectivity index (χ2n) is 22.9. The number of aliphatic hydroxyl groups is 8. The second kappa shape index (κ2) is 39.4. The zero-order chi connectivity index (χ0) is 71.6. The molecule has 0 aliphatic carbocycles. The van der Waals surface area contributed by atoms with Gasteiger partial charge in [0.25, 0.3) is 0 Å². The molecule has 2 aromatic rings. The van der Waals surface area contributed by atoms with Crippen LogP contribution in [0.5, 0.6) is 5.75 Å². The molecule has 0 saturated carbocycles. The maximum absolute atomic E-state index is 14.6. The lowest BCUT2D eigenvalue weighted by Crippen LogP contribution is -2.64. The minimum atomic E-state index is -1.77. The zero-order valence-electron chi connectivity index (χ0n) is 52.4. The van der Waals surface area contributed by atoms with Gasteiger partial charge in [-0.2, -0.15) is 0 Å². The number of likely N-dealkylation sites (tertiary alicyclic amines) is 1. The maximum atomic E-state index is 14.6. The van der Waals surface area contributed by atoms with E-state index >= 15 is 0 Å². The van der Waals surface area contributed by atoms with E-state index in [4.69, 9.17) is 48.0 Å². The van der Waals surface area contributed by atoms with Gasteiger partial charge in [0.05, 0.1) is 26.2 Å². The number of phenols is 1. The summed E-state index contributed by atoms with van der Waals surface area (Å²) in [6.07, 6.45) is -16.9. The highest BCUT2D eigenvalue weighted by Gasteiger charge is 2.50. The fourth-order valence-electron chi connectivity index (χ4n) is 10.4. The van der Waals surface area contributed by atoms with Gasteiger partial charge in [-0.25, -0.2) is 0 Å². The van der Waals surface area contributed by atoms with Crippen LogP contribution >= 0.6 is 21.6 Å². The van der Waals surface area contributed by atoms with Gasteiger partial charge in [0.15, 0.2) is 18.5 Å². The lowest BCUT2D eigenvalue weighted by molar-refractivity contribution is -0.355. The van der Waals surface area contributed by atoms with E-state index in [1.807, 2.05) is 0 Å². The van der Waals surface area contributed by atoms with Crippen molar-refractivity contribution in [2.24, 2.45) is 33.7 Å². The molecule has 0 bridgehead atoms. The van der Waals surface area contributed by atoms with E-state index < -0.39 is 208 Å². The second-order valence-corrected chi connectivity index (χ2v) is 25.5. The van der Waals surface area contributed by atoms with Gasteiger partial charge in [-0.05, 0) is 55.4 Å². The Hall–Kier alpha value is -8.06. The van der Waals surface area contributed by atoms with Crippen LogP contribution in [0.4, 0.5) is 0 Å². The van der Waals surface area contributed by atoms with Crippen LogP contribution in [0.1, 0.15) is 62.5 Å². The fourth-order valence-corrected chi connectivity index (χ4v) is 12.5. The number of benzene rings is 2. The van der Waals surface area contributed by atoms with E-state index in [9.17, 15) is 93.6 Å². The molecule has 6 rings (SSSR count). The Kier molecular flexibility index (Phi) is 32.3. The first kappa shape index (κ1) is 79.6. The molecule has 0 spiro atoms. The predicted molar refractivity (Wildman–Crippen MR) is 341 cm³/mol. The number of hydrogen-bond acceptors (Lipinski definition) is 26. The third kappa shape index (κ3) is 25.1. The van der Waals surface area contributed by atoms with E-state index in [1.165, 1.54) is 17.0 Å². The van der Waals surface area contributed by atoms with E-state index in [-0.39, 0.29) is 74.8 Å². The smallest absolute Gasteiger partial charge is 0.246 e. The van der Waals surface area contributed by atoms with Crippen molar-refractivity contribution in [3.05, 3.63) is 65.7 Å². The number of aliphatic hydroxyl groups excluding tert-OH is 8.